The lowest BCUT2D eigenvalue weighted by Crippen LogP contribution is -1.74. The van der Waals surface area contributed by atoms with Gasteiger partial charge in [-0.05, 0) is 36.4 Å². The van der Waals surface area contributed by atoms with Crippen LogP contribution in [-0.2, 0) is 0 Å². The minimum atomic E-state index is 0. The van der Waals surface area contributed by atoms with Crippen LogP contribution < -0.4 is 0 Å². The van der Waals surface area contributed by atoms with E-state index in [2.05, 4.69) is 31.9 Å². The predicted molar refractivity (Wildman–Crippen MR) is 95.3 cm³/mol. The van der Waals surface area contributed by atoms with E-state index in [0.717, 1.165) is 31.6 Å². The van der Waals surface area contributed by atoms with Gasteiger partial charge in [-0.2, -0.15) is 0 Å². The lowest BCUT2D eigenvalue weighted by molar-refractivity contribution is 0.597. The summed E-state index contributed by atoms with van der Waals surface area (Å²) in [6.45, 7) is 0. The third kappa shape index (κ3) is 3.43. The van der Waals surface area contributed by atoms with E-state index in [-0.39, 0.29) is 17.0 Å². The SMILES string of the molecule is Br.Brc1ccc(-c2ccc(-c3ccc(Br)cc3)o2)cc1. The molecule has 0 radical (unpaired) electrons. The standard InChI is InChI=1S/C16H10Br2O.BrH/c17-13-5-1-11(2-6-13)15-9-10-16(19-15)12-3-7-14(18)8-4-12;/h1-10H;1H. The summed E-state index contributed by atoms with van der Waals surface area (Å²) in [4.78, 5) is 0. The summed E-state index contributed by atoms with van der Waals surface area (Å²) < 4.78 is 8.04. The number of rotatable bonds is 2. The molecule has 2 aromatic carbocycles. The molecule has 3 rings (SSSR count). The molecule has 0 spiro atoms. The average molecular weight is 459 g/mol. The van der Waals surface area contributed by atoms with Gasteiger partial charge in [0.05, 0.1) is 0 Å². The molecule has 0 aliphatic heterocycles. The van der Waals surface area contributed by atoms with E-state index in [1.165, 1.54) is 0 Å². The van der Waals surface area contributed by atoms with Crippen LogP contribution in [-0.4, -0.2) is 0 Å². The van der Waals surface area contributed by atoms with Gasteiger partial charge in [0.25, 0.3) is 0 Å². The van der Waals surface area contributed by atoms with Crippen LogP contribution in [0.5, 0.6) is 0 Å². The van der Waals surface area contributed by atoms with Crippen LogP contribution in [0.4, 0.5) is 0 Å². The van der Waals surface area contributed by atoms with Crippen molar-refractivity contribution in [2.75, 3.05) is 0 Å². The quantitative estimate of drug-likeness (QED) is 0.415. The second kappa shape index (κ2) is 6.74. The molecular weight excluding hydrogens is 448 g/mol. The van der Waals surface area contributed by atoms with Gasteiger partial charge in [0, 0.05) is 20.1 Å². The average Bonchev–Trinajstić information content (AvgIpc) is 2.90. The van der Waals surface area contributed by atoms with E-state index >= 15 is 0 Å². The molecule has 1 nitrogen and oxygen atoms in total. The molecule has 0 saturated carbocycles. The van der Waals surface area contributed by atoms with Gasteiger partial charge in [0.1, 0.15) is 11.5 Å². The first-order valence-corrected chi connectivity index (χ1v) is 7.43. The van der Waals surface area contributed by atoms with Crippen LogP contribution in [0.2, 0.25) is 0 Å². The van der Waals surface area contributed by atoms with Crippen LogP contribution in [0.1, 0.15) is 0 Å². The fraction of sp³-hybridized carbons (Fsp3) is 0. The highest BCUT2D eigenvalue weighted by Crippen LogP contribution is 2.29. The van der Waals surface area contributed by atoms with Crippen molar-refractivity contribution < 1.29 is 4.42 Å². The molecule has 20 heavy (non-hydrogen) atoms. The Kier molecular flexibility index (Phi) is 5.24. The fourth-order valence-corrected chi connectivity index (χ4v) is 2.41. The number of halogens is 3. The largest absolute Gasteiger partial charge is 0.456 e. The van der Waals surface area contributed by atoms with Crippen molar-refractivity contribution in [3.63, 3.8) is 0 Å². The van der Waals surface area contributed by atoms with Gasteiger partial charge in [-0.25, -0.2) is 0 Å². The molecule has 0 bridgehead atoms. The molecule has 0 aliphatic carbocycles. The molecular formula is C16H11Br3O. The summed E-state index contributed by atoms with van der Waals surface area (Å²) in [7, 11) is 0. The smallest absolute Gasteiger partial charge is 0.134 e. The first-order valence-electron chi connectivity index (χ1n) is 5.84. The minimum absolute atomic E-state index is 0. The summed E-state index contributed by atoms with van der Waals surface area (Å²) in [6.07, 6.45) is 0. The Hall–Kier alpha value is -0.840. The lowest BCUT2D eigenvalue weighted by Gasteiger charge is -1.99. The summed E-state index contributed by atoms with van der Waals surface area (Å²) in [6, 6.07) is 20.2. The van der Waals surface area contributed by atoms with Crippen LogP contribution >= 0.6 is 48.8 Å². The lowest BCUT2D eigenvalue weighted by atomic mass is 10.2. The van der Waals surface area contributed by atoms with Gasteiger partial charge in [0.2, 0.25) is 0 Å². The number of hydrogen-bond acceptors (Lipinski definition) is 1. The van der Waals surface area contributed by atoms with Crippen molar-refractivity contribution in [3.8, 4) is 22.6 Å². The topological polar surface area (TPSA) is 13.1 Å². The van der Waals surface area contributed by atoms with Crippen molar-refractivity contribution >= 4 is 48.8 Å². The highest BCUT2D eigenvalue weighted by atomic mass is 79.9. The normalized spacial score (nSPS) is 10.1. The first-order chi connectivity index (χ1) is 9.22. The van der Waals surface area contributed by atoms with Crippen LogP contribution in [0.15, 0.2) is 74.0 Å². The summed E-state index contributed by atoms with van der Waals surface area (Å²) >= 11 is 6.86. The third-order valence-electron chi connectivity index (χ3n) is 2.86. The van der Waals surface area contributed by atoms with E-state index in [9.17, 15) is 0 Å². The molecule has 3 aromatic rings. The highest BCUT2D eigenvalue weighted by Gasteiger charge is 2.06. The number of benzene rings is 2. The van der Waals surface area contributed by atoms with E-state index in [4.69, 9.17) is 4.42 Å². The Morgan fingerprint density at radius 3 is 1.25 bits per heavy atom. The van der Waals surface area contributed by atoms with Gasteiger partial charge in [-0.1, -0.05) is 56.1 Å². The van der Waals surface area contributed by atoms with Crippen LogP contribution in [0, 0.1) is 0 Å². The second-order valence-electron chi connectivity index (χ2n) is 4.18. The number of hydrogen-bond donors (Lipinski definition) is 0. The molecule has 0 saturated heterocycles. The van der Waals surface area contributed by atoms with Crippen LogP contribution in [0.3, 0.4) is 0 Å². The van der Waals surface area contributed by atoms with Gasteiger partial charge in [0.15, 0.2) is 0 Å². The van der Waals surface area contributed by atoms with Crippen molar-refractivity contribution in [1.29, 1.82) is 0 Å². The van der Waals surface area contributed by atoms with Gasteiger partial charge in [-0.15, -0.1) is 17.0 Å². The molecule has 4 heteroatoms. The summed E-state index contributed by atoms with van der Waals surface area (Å²) in [5, 5.41) is 0. The van der Waals surface area contributed by atoms with Crippen molar-refractivity contribution in [2.45, 2.75) is 0 Å². The fourth-order valence-electron chi connectivity index (χ4n) is 1.88. The third-order valence-corrected chi connectivity index (χ3v) is 3.92. The monoisotopic (exact) mass is 456 g/mol. The maximum atomic E-state index is 5.90. The molecule has 0 atom stereocenters. The van der Waals surface area contributed by atoms with Crippen molar-refractivity contribution in [2.24, 2.45) is 0 Å². The molecule has 0 amide bonds. The van der Waals surface area contributed by atoms with E-state index in [1.807, 2.05) is 60.7 Å². The molecule has 0 aliphatic rings. The molecule has 102 valence electrons. The van der Waals surface area contributed by atoms with Gasteiger partial charge in [-0.3, -0.25) is 0 Å². The summed E-state index contributed by atoms with van der Waals surface area (Å²) in [5.41, 5.74) is 2.15. The molecule has 0 N–H and O–H groups in total. The Morgan fingerprint density at radius 1 is 0.550 bits per heavy atom. The zero-order valence-electron chi connectivity index (χ0n) is 10.3. The Balaban J connectivity index is 0.00000147. The van der Waals surface area contributed by atoms with Gasteiger partial charge >= 0.3 is 0 Å². The number of furan rings is 1. The molecule has 1 heterocycles. The zero-order valence-corrected chi connectivity index (χ0v) is 15.2. The van der Waals surface area contributed by atoms with E-state index in [0.29, 0.717) is 0 Å². The maximum absolute atomic E-state index is 5.90. The van der Waals surface area contributed by atoms with E-state index in [1.54, 1.807) is 0 Å². The predicted octanol–water partition coefficient (Wildman–Crippen LogP) is 6.72. The maximum Gasteiger partial charge on any atom is 0.134 e. The Labute approximate surface area is 145 Å². The van der Waals surface area contributed by atoms with Crippen LogP contribution in [0.25, 0.3) is 22.6 Å². The molecule has 0 unspecified atom stereocenters. The van der Waals surface area contributed by atoms with Crippen molar-refractivity contribution in [1.82, 2.24) is 0 Å². The Bertz CT molecular complexity index is 625. The van der Waals surface area contributed by atoms with E-state index < -0.39 is 0 Å². The minimum Gasteiger partial charge on any atom is -0.456 e. The zero-order chi connectivity index (χ0) is 13.2. The highest BCUT2D eigenvalue weighted by molar-refractivity contribution is 9.10. The molecule has 0 fully saturated rings. The Morgan fingerprint density at radius 2 is 0.900 bits per heavy atom. The summed E-state index contributed by atoms with van der Waals surface area (Å²) in [5.74, 6) is 1.76. The van der Waals surface area contributed by atoms with Crippen molar-refractivity contribution in [3.05, 3.63) is 69.6 Å². The molecule has 1 aromatic heterocycles. The van der Waals surface area contributed by atoms with Gasteiger partial charge < -0.3 is 4.42 Å². The first kappa shape index (κ1) is 15.5. The second-order valence-corrected chi connectivity index (χ2v) is 6.01.